The van der Waals surface area contributed by atoms with E-state index in [-0.39, 0.29) is 11.8 Å². The summed E-state index contributed by atoms with van der Waals surface area (Å²) < 4.78 is 31.3. The Labute approximate surface area is 121 Å². The van der Waals surface area contributed by atoms with Gasteiger partial charge in [-0.25, -0.2) is 4.98 Å². The number of hydrogen-bond donors (Lipinski definition) is 1. The van der Waals surface area contributed by atoms with Crippen LogP contribution in [-0.4, -0.2) is 27.9 Å². The van der Waals surface area contributed by atoms with E-state index < -0.39 is 6.61 Å². The second-order valence-corrected chi connectivity index (χ2v) is 4.53. The predicted octanol–water partition coefficient (Wildman–Crippen LogP) is 2.31. The summed E-state index contributed by atoms with van der Waals surface area (Å²) in [4.78, 5) is 4.18. The van der Waals surface area contributed by atoms with Crippen molar-refractivity contribution in [1.82, 2.24) is 20.1 Å². The van der Waals surface area contributed by atoms with E-state index in [0.29, 0.717) is 18.5 Å². The monoisotopic (exact) mass is 296 g/mol. The highest BCUT2D eigenvalue weighted by atomic mass is 19.3. The summed E-state index contributed by atoms with van der Waals surface area (Å²) in [5.74, 6) is 0.952. The molecule has 0 spiro atoms. The quantitative estimate of drug-likeness (QED) is 0.852. The smallest absolute Gasteiger partial charge is 0.387 e. The standard InChI is InChI=1S/C14H18F2N4O/c1-3-17-11(8-13-18-9-19-20(13)2)10-6-4-5-7-12(10)21-14(15)16/h4-7,9,11,14,17H,3,8H2,1-2H3. The van der Waals surface area contributed by atoms with Gasteiger partial charge in [-0.3, -0.25) is 4.68 Å². The molecule has 0 aliphatic heterocycles. The number of aromatic nitrogens is 3. The van der Waals surface area contributed by atoms with Gasteiger partial charge in [0.05, 0.1) is 0 Å². The predicted molar refractivity (Wildman–Crippen MR) is 74.2 cm³/mol. The minimum absolute atomic E-state index is 0.173. The molecule has 0 bridgehead atoms. The highest BCUT2D eigenvalue weighted by Crippen LogP contribution is 2.28. The van der Waals surface area contributed by atoms with Crippen LogP contribution in [0, 0.1) is 0 Å². The number of nitrogens with zero attached hydrogens (tertiary/aromatic N) is 3. The maximum atomic E-state index is 12.5. The van der Waals surface area contributed by atoms with E-state index in [2.05, 4.69) is 20.1 Å². The highest BCUT2D eigenvalue weighted by Gasteiger charge is 2.19. The molecule has 1 aromatic carbocycles. The number of benzene rings is 1. The van der Waals surface area contributed by atoms with Crippen LogP contribution in [0.25, 0.3) is 0 Å². The lowest BCUT2D eigenvalue weighted by molar-refractivity contribution is -0.0507. The van der Waals surface area contributed by atoms with Gasteiger partial charge in [0.1, 0.15) is 17.9 Å². The van der Waals surface area contributed by atoms with Crippen LogP contribution in [0.1, 0.15) is 24.4 Å². The maximum absolute atomic E-state index is 12.5. The van der Waals surface area contributed by atoms with Gasteiger partial charge in [0.25, 0.3) is 0 Å². The zero-order valence-electron chi connectivity index (χ0n) is 12.0. The van der Waals surface area contributed by atoms with Crippen LogP contribution in [-0.2, 0) is 13.5 Å². The summed E-state index contributed by atoms with van der Waals surface area (Å²) in [6, 6.07) is 6.62. The van der Waals surface area contributed by atoms with Crippen molar-refractivity contribution in [2.45, 2.75) is 26.0 Å². The van der Waals surface area contributed by atoms with E-state index in [1.165, 1.54) is 6.33 Å². The Morgan fingerprint density at radius 2 is 2.10 bits per heavy atom. The lowest BCUT2D eigenvalue weighted by atomic mass is 10.0. The summed E-state index contributed by atoms with van der Waals surface area (Å²) in [6.45, 7) is -0.186. The average molecular weight is 296 g/mol. The molecule has 0 fully saturated rings. The van der Waals surface area contributed by atoms with Crippen LogP contribution in [0.3, 0.4) is 0 Å². The van der Waals surface area contributed by atoms with Crippen molar-refractivity contribution >= 4 is 0 Å². The van der Waals surface area contributed by atoms with E-state index in [4.69, 9.17) is 0 Å². The van der Waals surface area contributed by atoms with Crippen molar-refractivity contribution in [3.63, 3.8) is 0 Å². The zero-order valence-corrected chi connectivity index (χ0v) is 12.0. The Bertz CT molecular complexity index is 574. The molecule has 0 radical (unpaired) electrons. The van der Waals surface area contributed by atoms with Gasteiger partial charge in [0, 0.05) is 25.1 Å². The first-order valence-electron chi connectivity index (χ1n) is 6.71. The van der Waals surface area contributed by atoms with Gasteiger partial charge >= 0.3 is 6.61 Å². The van der Waals surface area contributed by atoms with Gasteiger partial charge in [-0.15, -0.1) is 0 Å². The Balaban J connectivity index is 2.27. The summed E-state index contributed by atoms with van der Waals surface area (Å²) >= 11 is 0. The number of para-hydroxylation sites is 1. The first-order chi connectivity index (χ1) is 10.1. The fourth-order valence-corrected chi connectivity index (χ4v) is 2.20. The summed E-state index contributed by atoms with van der Waals surface area (Å²) in [5, 5.41) is 7.29. The minimum Gasteiger partial charge on any atom is -0.434 e. The van der Waals surface area contributed by atoms with Crippen LogP contribution >= 0.6 is 0 Å². The molecule has 114 valence electrons. The fourth-order valence-electron chi connectivity index (χ4n) is 2.20. The lowest BCUT2D eigenvalue weighted by Crippen LogP contribution is -2.25. The van der Waals surface area contributed by atoms with Crippen LogP contribution in [0.2, 0.25) is 0 Å². The molecule has 1 N–H and O–H groups in total. The molecule has 0 saturated heterocycles. The number of ether oxygens (including phenoxy) is 1. The van der Waals surface area contributed by atoms with Gasteiger partial charge in [0.15, 0.2) is 0 Å². The highest BCUT2D eigenvalue weighted by molar-refractivity contribution is 5.36. The van der Waals surface area contributed by atoms with Crippen molar-refractivity contribution < 1.29 is 13.5 Å². The first kappa shape index (κ1) is 15.4. The lowest BCUT2D eigenvalue weighted by Gasteiger charge is -2.20. The molecule has 0 amide bonds. The Hall–Kier alpha value is -2.02. The number of aryl methyl sites for hydroxylation is 1. The van der Waals surface area contributed by atoms with Crippen LogP contribution < -0.4 is 10.1 Å². The summed E-state index contributed by atoms with van der Waals surface area (Å²) in [7, 11) is 1.80. The van der Waals surface area contributed by atoms with Crippen molar-refractivity contribution in [2.24, 2.45) is 7.05 Å². The molecule has 0 aliphatic rings. The molecule has 7 heteroatoms. The largest absolute Gasteiger partial charge is 0.434 e. The molecule has 0 aliphatic carbocycles. The molecule has 5 nitrogen and oxygen atoms in total. The second-order valence-electron chi connectivity index (χ2n) is 4.53. The van der Waals surface area contributed by atoms with E-state index in [1.807, 2.05) is 6.92 Å². The Kier molecular flexibility index (Phi) is 5.21. The van der Waals surface area contributed by atoms with E-state index in [9.17, 15) is 8.78 Å². The molecule has 1 aromatic heterocycles. The van der Waals surface area contributed by atoms with Gasteiger partial charge in [-0.05, 0) is 12.6 Å². The molecule has 1 atom stereocenters. The van der Waals surface area contributed by atoms with E-state index >= 15 is 0 Å². The van der Waals surface area contributed by atoms with Crippen LogP contribution in [0.5, 0.6) is 5.75 Å². The minimum atomic E-state index is -2.84. The van der Waals surface area contributed by atoms with Crippen LogP contribution in [0.4, 0.5) is 8.78 Å². The van der Waals surface area contributed by atoms with Crippen molar-refractivity contribution in [3.8, 4) is 5.75 Å². The third kappa shape index (κ3) is 3.98. The third-order valence-corrected chi connectivity index (χ3v) is 3.15. The number of likely N-dealkylation sites (N-methyl/N-ethyl adjacent to an activating group) is 1. The molecule has 2 rings (SSSR count). The molecule has 2 aromatic rings. The second kappa shape index (κ2) is 7.12. The SMILES string of the molecule is CCNC(Cc1ncnn1C)c1ccccc1OC(F)F. The number of hydrogen-bond acceptors (Lipinski definition) is 4. The molecular formula is C14H18F2N4O. The van der Waals surface area contributed by atoms with Gasteiger partial charge in [-0.2, -0.15) is 13.9 Å². The molecule has 1 heterocycles. The molecular weight excluding hydrogens is 278 g/mol. The summed E-state index contributed by atoms with van der Waals surface area (Å²) in [5.41, 5.74) is 0.683. The van der Waals surface area contributed by atoms with Gasteiger partial charge in [0.2, 0.25) is 0 Å². The Morgan fingerprint density at radius 1 is 1.33 bits per heavy atom. The zero-order chi connectivity index (χ0) is 15.2. The molecule has 1 unspecified atom stereocenters. The third-order valence-electron chi connectivity index (χ3n) is 3.15. The average Bonchev–Trinajstić information content (AvgIpc) is 2.84. The van der Waals surface area contributed by atoms with Crippen LogP contribution in [0.15, 0.2) is 30.6 Å². The Morgan fingerprint density at radius 3 is 2.71 bits per heavy atom. The fraction of sp³-hybridized carbons (Fsp3) is 0.429. The van der Waals surface area contributed by atoms with Crippen molar-refractivity contribution in [2.75, 3.05) is 6.54 Å². The number of alkyl halides is 2. The van der Waals surface area contributed by atoms with Gasteiger partial charge in [-0.1, -0.05) is 25.1 Å². The number of nitrogens with one attached hydrogen (secondary N) is 1. The summed E-state index contributed by atoms with van der Waals surface area (Å²) in [6.07, 6.45) is 2.01. The van der Waals surface area contributed by atoms with Gasteiger partial charge < -0.3 is 10.1 Å². The van der Waals surface area contributed by atoms with Crippen molar-refractivity contribution in [3.05, 3.63) is 42.0 Å². The number of halogens is 2. The molecule has 0 saturated carbocycles. The van der Waals surface area contributed by atoms with E-state index in [1.54, 1.807) is 36.0 Å². The normalized spacial score (nSPS) is 12.6. The van der Waals surface area contributed by atoms with E-state index in [0.717, 1.165) is 5.82 Å². The first-order valence-corrected chi connectivity index (χ1v) is 6.71. The van der Waals surface area contributed by atoms with Crippen molar-refractivity contribution in [1.29, 1.82) is 0 Å². The topological polar surface area (TPSA) is 52.0 Å². The number of rotatable bonds is 7. The molecule has 21 heavy (non-hydrogen) atoms. The maximum Gasteiger partial charge on any atom is 0.387 e.